The van der Waals surface area contributed by atoms with E-state index in [1.54, 1.807) is 7.05 Å². The molecule has 0 aliphatic carbocycles. The lowest BCUT2D eigenvalue weighted by molar-refractivity contribution is 0.114. The number of nitrogens with zero attached hydrogens (tertiary/aromatic N) is 1. The third-order valence-corrected chi connectivity index (χ3v) is 4.57. The van der Waals surface area contributed by atoms with Gasteiger partial charge in [-0.05, 0) is 18.9 Å². The molecule has 1 aromatic heterocycles. The number of rotatable bonds is 5. The highest BCUT2D eigenvalue weighted by molar-refractivity contribution is 7.89. The van der Waals surface area contributed by atoms with Gasteiger partial charge < -0.3 is 10.1 Å². The molecule has 0 amide bonds. The standard InChI is InChI=1S/C11H16ClN3O3S/c1-13-11-10(12)5-9(7-14-11)19(16,17)15-6-8-3-2-4-18-8/h5,7-8,15H,2-4,6H2,1H3,(H,13,14). The first-order chi connectivity index (χ1) is 9.03. The third-order valence-electron chi connectivity index (χ3n) is 2.89. The van der Waals surface area contributed by atoms with Crippen LogP contribution in [0.25, 0.3) is 0 Å². The second-order valence-electron chi connectivity index (χ2n) is 4.24. The van der Waals surface area contributed by atoms with Crippen molar-refractivity contribution in [2.75, 3.05) is 25.5 Å². The summed E-state index contributed by atoms with van der Waals surface area (Å²) in [5.41, 5.74) is 0. The number of halogens is 1. The van der Waals surface area contributed by atoms with Crippen molar-refractivity contribution in [2.45, 2.75) is 23.8 Å². The quantitative estimate of drug-likeness (QED) is 0.855. The summed E-state index contributed by atoms with van der Waals surface area (Å²) in [5.74, 6) is 0.444. The fourth-order valence-electron chi connectivity index (χ4n) is 1.84. The zero-order chi connectivity index (χ0) is 13.9. The molecule has 0 bridgehead atoms. The molecule has 1 fully saturated rings. The average molecular weight is 306 g/mol. The van der Waals surface area contributed by atoms with Crippen LogP contribution in [-0.2, 0) is 14.8 Å². The first-order valence-electron chi connectivity index (χ1n) is 5.97. The lowest BCUT2D eigenvalue weighted by Gasteiger charge is -2.12. The largest absolute Gasteiger partial charge is 0.377 e. The number of pyridine rings is 1. The minimum absolute atomic E-state index is 0.0465. The van der Waals surface area contributed by atoms with E-state index in [2.05, 4.69) is 15.0 Å². The molecule has 2 heterocycles. The molecule has 19 heavy (non-hydrogen) atoms. The minimum atomic E-state index is -3.60. The van der Waals surface area contributed by atoms with E-state index in [1.807, 2.05) is 0 Å². The number of ether oxygens (including phenoxy) is 1. The molecule has 1 aliphatic heterocycles. The van der Waals surface area contributed by atoms with Crippen LogP contribution in [0, 0.1) is 0 Å². The van der Waals surface area contributed by atoms with Gasteiger partial charge in [0.2, 0.25) is 10.0 Å². The Bertz CT molecular complexity index is 544. The van der Waals surface area contributed by atoms with Crippen molar-refractivity contribution in [3.63, 3.8) is 0 Å². The van der Waals surface area contributed by atoms with Gasteiger partial charge in [-0.2, -0.15) is 0 Å². The van der Waals surface area contributed by atoms with Gasteiger partial charge in [-0.3, -0.25) is 0 Å². The molecule has 2 N–H and O–H groups in total. The Labute approximate surface area is 117 Å². The van der Waals surface area contributed by atoms with Crippen LogP contribution in [0.1, 0.15) is 12.8 Å². The summed E-state index contributed by atoms with van der Waals surface area (Å²) in [5, 5.41) is 3.04. The van der Waals surface area contributed by atoms with Crippen LogP contribution in [0.2, 0.25) is 5.02 Å². The van der Waals surface area contributed by atoms with E-state index in [9.17, 15) is 8.42 Å². The molecule has 8 heteroatoms. The summed E-state index contributed by atoms with van der Waals surface area (Å²) in [6.07, 6.45) is 3.07. The molecule has 1 atom stereocenters. The Kier molecular flexibility index (Phi) is 4.62. The third kappa shape index (κ3) is 3.56. The summed E-state index contributed by atoms with van der Waals surface area (Å²) in [6, 6.07) is 1.37. The van der Waals surface area contributed by atoms with Crippen LogP contribution in [0.3, 0.4) is 0 Å². The topological polar surface area (TPSA) is 80.3 Å². The van der Waals surface area contributed by atoms with Crippen LogP contribution in [0.5, 0.6) is 0 Å². The van der Waals surface area contributed by atoms with Gasteiger partial charge in [-0.15, -0.1) is 0 Å². The summed E-state index contributed by atoms with van der Waals surface area (Å²) in [7, 11) is -1.94. The van der Waals surface area contributed by atoms with Crippen LogP contribution in [0.4, 0.5) is 5.82 Å². The van der Waals surface area contributed by atoms with Crippen molar-refractivity contribution >= 4 is 27.4 Å². The van der Waals surface area contributed by atoms with Crippen LogP contribution >= 0.6 is 11.6 Å². The van der Waals surface area contributed by atoms with Crippen molar-refractivity contribution in [2.24, 2.45) is 0 Å². The highest BCUT2D eigenvalue weighted by Crippen LogP contribution is 2.22. The molecule has 6 nitrogen and oxygen atoms in total. The molecule has 0 radical (unpaired) electrons. The lowest BCUT2D eigenvalue weighted by Crippen LogP contribution is -2.31. The van der Waals surface area contributed by atoms with Crippen LogP contribution < -0.4 is 10.0 Å². The Morgan fingerprint density at radius 2 is 2.37 bits per heavy atom. The van der Waals surface area contributed by atoms with E-state index in [1.165, 1.54) is 12.3 Å². The van der Waals surface area contributed by atoms with E-state index in [0.717, 1.165) is 12.8 Å². The van der Waals surface area contributed by atoms with Gasteiger partial charge in [0.25, 0.3) is 0 Å². The molecule has 1 unspecified atom stereocenters. The fraction of sp³-hybridized carbons (Fsp3) is 0.545. The number of sulfonamides is 1. The van der Waals surface area contributed by atoms with Gasteiger partial charge in [0, 0.05) is 26.4 Å². The average Bonchev–Trinajstić information content (AvgIpc) is 2.89. The number of nitrogens with one attached hydrogen (secondary N) is 2. The second kappa shape index (κ2) is 6.04. The van der Waals surface area contributed by atoms with Crippen molar-refractivity contribution < 1.29 is 13.2 Å². The molecule has 0 aromatic carbocycles. The van der Waals surface area contributed by atoms with Crippen molar-refractivity contribution in [1.82, 2.24) is 9.71 Å². The summed E-state index contributed by atoms with van der Waals surface area (Å²) in [6.45, 7) is 0.963. The zero-order valence-electron chi connectivity index (χ0n) is 10.5. The molecule has 1 aliphatic rings. The second-order valence-corrected chi connectivity index (χ2v) is 6.41. The van der Waals surface area contributed by atoms with E-state index < -0.39 is 10.0 Å². The number of anilines is 1. The Balaban J connectivity index is 2.08. The minimum Gasteiger partial charge on any atom is -0.377 e. The molecule has 0 spiro atoms. The molecular weight excluding hydrogens is 290 g/mol. The van der Waals surface area contributed by atoms with Gasteiger partial charge in [0.15, 0.2) is 0 Å². The molecule has 106 valence electrons. The molecule has 2 rings (SSSR count). The predicted octanol–water partition coefficient (Wildman–Crippen LogP) is 1.23. The smallest absolute Gasteiger partial charge is 0.242 e. The number of hydrogen-bond acceptors (Lipinski definition) is 5. The summed E-state index contributed by atoms with van der Waals surface area (Å²) < 4.78 is 32.0. The van der Waals surface area contributed by atoms with Crippen molar-refractivity contribution in [3.05, 3.63) is 17.3 Å². The number of hydrogen-bond donors (Lipinski definition) is 2. The van der Waals surface area contributed by atoms with Gasteiger partial charge in [0.1, 0.15) is 10.7 Å². The Morgan fingerprint density at radius 3 is 2.95 bits per heavy atom. The first-order valence-corrected chi connectivity index (χ1v) is 7.83. The molecular formula is C11H16ClN3O3S. The van der Waals surface area contributed by atoms with Crippen LogP contribution in [0.15, 0.2) is 17.2 Å². The summed E-state index contributed by atoms with van der Waals surface area (Å²) in [4.78, 5) is 4.00. The lowest BCUT2D eigenvalue weighted by atomic mass is 10.2. The highest BCUT2D eigenvalue weighted by atomic mass is 35.5. The fourth-order valence-corrected chi connectivity index (χ4v) is 3.20. The molecule has 1 saturated heterocycles. The maximum absolute atomic E-state index is 12.1. The normalized spacial score (nSPS) is 19.6. The predicted molar refractivity (Wildman–Crippen MR) is 73.0 cm³/mol. The van der Waals surface area contributed by atoms with E-state index in [0.29, 0.717) is 12.4 Å². The van der Waals surface area contributed by atoms with E-state index in [4.69, 9.17) is 16.3 Å². The zero-order valence-corrected chi connectivity index (χ0v) is 12.1. The Hall–Kier alpha value is -0.890. The van der Waals surface area contributed by atoms with Gasteiger partial charge >= 0.3 is 0 Å². The van der Waals surface area contributed by atoms with Gasteiger partial charge in [-0.25, -0.2) is 18.1 Å². The van der Waals surface area contributed by atoms with Gasteiger partial charge in [-0.1, -0.05) is 11.6 Å². The van der Waals surface area contributed by atoms with Crippen LogP contribution in [-0.4, -0.2) is 39.7 Å². The first kappa shape index (κ1) is 14.5. The maximum atomic E-state index is 12.1. The monoisotopic (exact) mass is 305 g/mol. The van der Waals surface area contributed by atoms with E-state index >= 15 is 0 Å². The van der Waals surface area contributed by atoms with E-state index in [-0.39, 0.29) is 22.6 Å². The SMILES string of the molecule is CNc1ncc(S(=O)(=O)NCC2CCCO2)cc1Cl. The molecule has 1 aromatic rings. The van der Waals surface area contributed by atoms with Crippen molar-refractivity contribution in [1.29, 1.82) is 0 Å². The highest BCUT2D eigenvalue weighted by Gasteiger charge is 2.21. The molecule has 0 saturated carbocycles. The Morgan fingerprint density at radius 1 is 1.58 bits per heavy atom. The maximum Gasteiger partial charge on any atom is 0.242 e. The van der Waals surface area contributed by atoms with Crippen molar-refractivity contribution in [3.8, 4) is 0 Å². The summed E-state index contributed by atoms with van der Waals surface area (Å²) >= 11 is 5.92. The number of aromatic nitrogens is 1. The van der Waals surface area contributed by atoms with Gasteiger partial charge in [0.05, 0.1) is 11.1 Å².